The molecule has 1 aliphatic rings. The molecule has 1 unspecified atom stereocenters. The maximum atomic E-state index is 12.8. The van der Waals surface area contributed by atoms with Crippen LogP contribution in [0.15, 0.2) is 29.4 Å². The largest absolute Gasteiger partial charge is 0.339 e. The monoisotopic (exact) mass is 346 g/mol. The third-order valence-electron chi connectivity index (χ3n) is 4.70. The topological polar surface area (TPSA) is 41.4 Å². The summed E-state index contributed by atoms with van der Waals surface area (Å²) >= 11 is 1.58. The summed E-state index contributed by atoms with van der Waals surface area (Å²) in [5, 5.41) is 0.826. The van der Waals surface area contributed by atoms with Gasteiger partial charge in [-0.05, 0) is 32.5 Å². The van der Waals surface area contributed by atoms with Gasteiger partial charge in [-0.2, -0.15) is 0 Å². The Morgan fingerprint density at radius 3 is 2.54 bits per heavy atom. The molecule has 2 heterocycles. The molecule has 24 heavy (non-hydrogen) atoms. The van der Waals surface area contributed by atoms with Crippen molar-refractivity contribution in [3.63, 3.8) is 0 Å². The van der Waals surface area contributed by atoms with Crippen LogP contribution in [-0.4, -0.2) is 63.2 Å². The van der Waals surface area contributed by atoms with E-state index < -0.39 is 0 Å². The first kappa shape index (κ1) is 17.3. The molecular weight excluding hydrogens is 320 g/mol. The lowest BCUT2D eigenvalue weighted by Gasteiger charge is -2.35. The standard InChI is InChI=1S/C18H26N4OS/c1-4-20-10-12-21(13-11-20)17(23)14(3)24-18-19-15-8-6-7-9-16(15)22(18)5-2/h6-9,14H,4-5,10-13H2,1-3H3. The Balaban J connectivity index is 1.70. The van der Waals surface area contributed by atoms with E-state index in [0.29, 0.717) is 0 Å². The predicted octanol–water partition coefficient (Wildman–Crippen LogP) is 2.70. The number of nitrogens with zero attached hydrogens (tertiary/aromatic N) is 4. The van der Waals surface area contributed by atoms with E-state index >= 15 is 0 Å². The van der Waals surface area contributed by atoms with Crippen LogP contribution < -0.4 is 0 Å². The maximum Gasteiger partial charge on any atom is 0.235 e. The Hall–Kier alpha value is -1.53. The van der Waals surface area contributed by atoms with E-state index in [0.717, 1.165) is 55.5 Å². The molecule has 0 bridgehead atoms. The van der Waals surface area contributed by atoms with Crippen molar-refractivity contribution in [2.45, 2.75) is 37.7 Å². The number of rotatable bonds is 5. The molecule has 0 aliphatic carbocycles. The summed E-state index contributed by atoms with van der Waals surface area (Å²) in [6.07, 6.45) is 0. The number of amides is 1. The number of thioether (sulfide) groups is 1. The Kier molecular flexibility index (Phi) is 5.46. The van der Waals surface area contributed by atoms with E-state index in [1.54, 1.807) is 11.8 Å². The Bertz CT molecular complexity index is 706. The number of carbonyl (C=O) groups is 1. The molecule has 1 fully saturated rings. The van der Waals surface area contributed by atoms with Crippen molar-refractivity contribution < 1.29 is 4.79 Å². The van der Waals surface area contributed by atoms with Crippen LogP contribution in [0.1, 0.15) is 20.8 Å². The maximum absolute atomic E-state index is 12.8. The number of hydrogen-bond donors (Lipinski definition) is 0. The molecule has 0 radical (unpaired) electrons. The zero-order valence-corrected chi connectivity index (χ0v) is 15.6. The number of para-hydroxylation sites is 2. The molecule has 6 heteroatoms. The molecule has 1 aromatic carbocycles. The average molecular weight is 347 g/mol. The van der Waals surface area contributed by atoms with E-state index in [9.17, 15) is 4.79 Å². The van der Waals surface area contributed by atoms with Gasteiger partial charge in [0.1, 0.15) is 0 Å². The van der Waals surface area contributed by atoms with Crippen LogP contribution in [0, 0.1) is 0 Å². The highest BCUT2D eigenvalue weighted by molar-refractivity contribution is 8.00. The van der Waals surface area contributed by atoms with Crippen molar-refractivity contribution in [3.8, 4) is 0 Å². The molecule has 1 amide bonds. The highest BCUT2D eigenvalue weighted by Gasteiger charge is 2.26. The van der Waals surface area contributed by atoms with Gasteiger partial charge >= 0.3 is 0 Å². The van der Waals surface area contributed by atoms with E-state index in [-0.39, 0.29) is 11.2 Å². The lowest BCUT2D eigenvalue weighted by Crippen LogP contribution is -2.50. The third-order valence-corrected chi connectivity index (χ3v) is 5.77. The van der Waals surface area contributed by atoms with Crippen LogP contribution in [0.2, 0.25) is 0 Å². The van der Waals surface area contributed by atoms with Gasteiger partial charge in [0, 0.05) is 32.7 Å². The van der Waals surface area contributed by atoms with Crippen LogP contribution in [0.4, 0.5) is 0 Å². The van der Waals surface area contributed by atoms with Gasteiger partial charge in [0.25, 0.3) is 0 Å². The second-order valence-corrected chi connectivity index (χ2v) is 7.45. The molecule has 1 aromatic heterocycles. The van der Waals surface area contributed by atoms with E-state index in [1.165, 1.54) is 0 Å². The number of likely N-dealkylation sites (N-methyl/N-ethyl adjacent to an activating group) is 1. The third kappa shape index (κ3) is 3.44. The normalized spacial score (nSPS) is 17.4. The molecule has 1 aliphatic heterocycles. The van der Waals surface area contributed by atoms with Crippen molar-refractivity contribution in [2.75, 3.05) is 32.7 Å². The summed E-state index contributed by atoms with van der Waals surface area (Å²) in [5.74, 6) is 0.227. The Morgan fingerprint density at radius 1 is 1.17 bits per heavy atom. The lowest BCUT2D eigenvalue weighted by atomic mass is 10.3. The van der Waals surface area contributed by atoms with Gasteiger partial charge in [-0.1, -0.05) is 30.8 Å². The first-order chi connectivity index (χ1) is 11.6. The summed E-state index contributed by atoms with van der Waals surface area (Å²) < 4.78 is 2.19. The summed E-state index contributed by atoms with van der Waals surface area (Å²) in [4.78, 5) is 21.9. The van der Waals surface area contributed by atoms with Crippen molar-refractivity contribution in [3.05, 3.63) is 24.3 Å². The van der Waals surface area contributed by atoms with Crippen LogP contribution >= 0.6 is 11.8 Å². The predicted molar refractivity (Wildman–Crippen MR) is 99.4 cm³/mol. The molecule has 0 spiro atoms. The van der Waals surface area contributed by atoms with Gasteiger partial charge < -0.3 is 14.4 Å². The summed E-state index contributed by atoms with van der Waals surface area (Å²) in [6, 6.07) is 8.16. The van der Waals surface area contributed by atoms with Crippen LogP contribution in [-0.2, 0) is 11.3 Å². The number of aromatic nitrogens is 2. The van der Waals surface area contributed by atoms with E-state index in [4.69, 9.17) is 4.98 Å². The summed E-state index contributed by atoms with van der Waals surface area (Å²) in [6.45, 7) is 11.8. The molecule has 130 valence electrons. The zero-order chi connectivity index (χ0) is 17.1. The SMILES string of the molecule is CCN1CCN(C(=O)C(C)Sc2nc3ccccc3n2CC)CC1. The van der Waals surface area contributed by atoms with Gasteiger partial charge in [0.05, 0.1) is 16.3 Å². The van der Waals surface area contributed by atoms with Crippen molar-refractivity contribution >= 4 is 28.7 Å². The zero-order valence-electron chi connectivity index (χ0n) is 14.7. The minimum absolute atomic E-state index is 0.111. The van der Waals surface area contributed by atoms with Gasteiger partial charge in [-0.25, -0.2) is 4.98 Å². The second-order valence-electron chi connectivity index (χ2n) is 6.15. The number of fused-ring (bicyclic) bond motifs is 1. The second kappa shape index (κ2) is 7.57. The lowest BCUT2D eigenvalue weighted by molar-refractivity contribution is -0.132. The van der Waals surface area contributed by atoms with Crippen molar-refractivity contribution in [1.82, 2.24) is 19.4 Å². The minimum Gasteiger partial charge on any atom is -0.339 e. The average Bonchev–Trinajstić information content (AvgIpc) is 2.98. The number of hydrogen-bond acceptors (Lipinski definition) is 4. The molecule has 1 saturated heterocycles. The highest BCUT2D eigenvalue weighted by atomic mass is 32.2. The number of imidazole rings is 1. The first-order valence-corrected chi connectivity index (χ1v) is 9.65. The van der Waals surface area contributed by atoms with Crippen molar-refractivity contribution in [1.29, 1.82) is 0 Å². The Labute approximate surface area is 148 Å². The summed E-state index contributed by atoms with van der Waals surface area (Å²) in [7, 11) is 0. The quantitative estimate of drug-likeness (QED) is 0.781. The van der Waals surface area contributed by atoms with E-state index in [1.807, 2.05) is 30.0 Å². The molecule has 2 aromatic rings. The fourth-order valence-electron chi connectivity index (χ4n) is 3.20. The number of carbonyl (C=O) groups excluding carboxylic acids is 1. The van der Waals surface area contributed by atoms with Crippen LogP contribution in [0.3, 0.4) is 0 Å². The van der Waals surface area contributed by atoms with Crippen LogP contribution in [0.5, 0.6) is 0 Å². The molecule has 0 saturated carbocycles. The van der Waals surface area contributed by atoms with Gasteiger partial charge in [-0.15, -0.1) is 0 Å². The molecule has 5 nitrogen and oxygen atoms in total. The van der Waals surface area contributed by atoms with Gasteiger partial charge in [0.2, 0.25) is 5.91 Å². The highest BCUT2D eigenvalue weighted by Crippen LogP contribution is 2.28. The fraction of sp³-hybridized carbons (Fsp3) is 0.556. The van der Waals surface area contributed by atoms with Gasteiger partial charge in [-0.3, -0.25) is 4.79 Å². The number of aryl methyl sites for hydroxylation is 1. The number of piperazine rings is 1. The number of benzene rings is 1. The minimum atomic E-state index is -0.111. The fourth-order valence-corrected chi connectivity index (χ4v) is 4.27. The van der Waals surface area contributed by atoms with E-state index in [2.05, 4.69) is 29.4 Å². The van der Waals surface area contributed by atoms with Crippen molar-refractivity contribution in [2.24, 2.45) is 0 Å². The summed E-state index contributed by atoms with van der Waals surface area (Å²) in [5.41, 5.74) is 2.14. The molecule has 1 atom stereocenters. The van der Waals surface area contributed by atoms with Gasteiger partial charge in [0.15, 0.2) is 5.16 Å². The smallest absolute Gasteiger partial charge is 0.235 e. The molecular formula is C18H26N4OS. The van der Waals surface area contributed by atoms with Crippen LogP contribution in [0.25, 0.3) is 11.0 Å². The molecule has 3 rings (SSSR count). The first-order valence-electron chi connectivity index (χ1n) is 8.77. The Morgan fingerprint density at radius 2 is 1.88 bits per heavy atom. The molecule has 0 N–H and O–H groups in total.